The van der Waals surface area contributed by atoms with Crippen molar-refractivity contribution >= 4 is 17.7 Å². The first-order chi connectivity index (χ1) is 12.7. The summed E-state index contributed by atoms with van der Waals surface area (Å²) in [6, 6.07) is 5.92. The Bertz CT molecular complexity index is 701. The molecule has 2 aliphatic rings. The van der Waals surface area contributed by atoms with Crippen molar-refractivity contribution in [3.63, 3.8) is 0 Å². The number of alkyl halides is 3. The molecule has 1 aromatic rings. The van der Waals surface area contributed by atoms with E-state index in [2.05, 4.69) is 22.0 Å². The predicted octanol–water partition coefficient (Wildman–Crippen LogP) is 3.31. The molecule has 1 fully saturated rings. The van der Waals surface area contributed by atoms with Gasteiger partial charge < -0.3 is 19.9 Å². The van der Waals surface area contributed by atoms with Gasteiger partial charge in [-0.15, -0.1) is 13.2 Å². The van der Waals surface area contributed by atoms with E-state index < -0.39 is 6.36 Å². The minimum Gasteiger partial charge on any atom is -0.406 e. The summed E-state index contributed by atoms with van der Waals surface area (Å²) < 4.78 is 40.7. The summed E-state index contributed by atoms with van der Waals surface area (Å²) in [4.78, 5) is 17.3. The van der Waals surface area contributed by atoms with Gasteiger partial charge in [-0.05, 0) is 50.7 Å². The normalized spacial score (nSPS) is 21.9. The van der Waals surface area contributed by atoms with Gasteiger partial charge in [0.2, 0.25) is 0 Å². The maximum Gasteiger partial charge on any atom is 0.573 e. The van der Waals surface area contributed by atoms with Crippen LogP contribution >= 0.6 is 11.8 Å². The number of piperidine rings is 1. The van der Waals surface area contributed by atoms with Crippen LogP contribution in [0.2, 0.25) is 0 Å². The first-order valence-electron chi connectivity index (χ1n) is 8.67. The topological polar surface area (TPSA) is 44.8 Å². The van der Waals surface area contributed by atoms with Gasteiger partial charge in [0.25, 0.3) is 5.91 Å². The molecule has 0 spiro atoms. The van der Waals surface area contributed by atoms with Gasteiger partial charge in [-0.3, -0.25) is 4.79 Å². The van der Waals surface area contributed by atoms with E-state index in [1.54, 1.807) is 18.3 Å². The molecule has 0 saturated carbocycles. The number of nitrogens with zero attached hydrogens (tertiary/aromatic N) is 2. The Kier molecular flexibility index (Phi) is 5.90. The van der Waals surface area contributed by atoms with Crippen molar-refractivity contribution in [2.45, 2.75) is 30.6 Å². The van der Waals surface area contributed by atoms with Crippen LogP contribution in [0.3, 0.4) is 0 Å². The Morgan fingerprint density at radius 3 is 2.41 bits per heavy atom. The van der Waals surface area contributed by atoms with E-state index in [0.717, 1.165) is 31.5 Å². The van der Waals surface area contributed by atoms with Crippen LogP contribution in [0, 0.1) is 0 Å². The molecule has 0 radical (unpaired) electrons. The predicted molar refractivity (Wildman–Crippen MR) is 98.0 cm³/mol. The van der Waals surface area contributed by atoms with E-state index >= 15 is 0 Å². The minimum atomic E-state index is -4.71. The Morgan fingerprint density at radius 1 is 1.19 bits per heavy atom. The van der Waals surface area contributed by atoms with Crippen LogP contribution in [0.5, 0.6) is 5.75 Å². The smallest absolute Gasteiger partial charge is 0.406 e. The molecule has 1 atom stereocenters. The highest BCUT2D eigenvalue weighted by Crippen LogP contribution is 2.43. The highest BCUT2D eigenvalue weighted by molar-refractivity contribution is 8.04. The number of hydrogen-bond acceptors (Lipinski definition) is 5. The molecule has 1 N–H and O–H groups in total. The molecule has 1 amide bonds. The molecule has 2 heterocycles. The molecule has 5 nitrogen and oxygen atoms in total. The summed E-state index contributed by atoms with van der Waals surface area (Å²) in [6.07, 6.45) is -1.07. The second-order valence-corrected chi connectivity index (χ2v) is 7.92. The Morgan fingerprint density at radius 2 is 1.81 bits per heavy atom. The molecule has 0 bridgehead atoms. The number of carbonyl (C=O) groups excluding carboxylic acids is 1. The molecule has 1 unspecified atom stereocenters. The third-order valence-corrected chi connectivity index (χ3v) is 5.98. The zero-order valence-electron chi connectivity index (χ0n) is 15.1. The van der Waals surface area contributed by atoms with Crippen molar-refractivity contribution < 1.29 is 22.7 Å². The quantitative estimate of drug-likeness (QED) is 0.839. The van der Waals surface area contributed by atoms with Gasteiger partial charge in [0.05, 0.1) is 4.91 Å². The van der Waals surface area contributed by atoms with E-state index in [-0.39, 0.29) is 23.1 Å². The lowest BCUT2D eigenvalue weighted by molar-refractivity contribution is -0.274. The van der Waals surface area contributed by atoms with Crippen molar-refractivity contribution in [2.75, 3.05) is 27.2 Å². The van der Waals surface area contributed by atoms with Gasteiger partial charge in [-0.2, -0.15) is 0 Å². The standard InChI is InChI=1S/C18H22F3N3O2S/c1-23-9-7-13(8-10-23)22-16(25)15-11-24(2)17(27-15)12-3-5-14(6-4-12)26-18(19,20)21/h3-6,11,13,17H,7-10H2,1-2H3,(H,22,25). The zero-order chi connectivity index (χ0) is 19.6. The second kappa shape index (κ2) is 8.02. The van der Waals surface area contributed by atoms with E-state index in [0.29, 0.717) is 4.91 Å². The molecule has 0 aliphatic carbocycles. The largest absolute Gasteiger partial charge is 0.573 e. The van der Waals surface area contributed by atoms with Crippen LogP contribution in [0.15, 0.2) is 35.4 Å². The summed E-state index contributed by atoms with van der Waals surface area (Å²) in [5.74, 6) is -0.356. The number of nitrogens with one attached hydrogen (secondary N) is 1. The highest BCUT2D eigenvalue weighted by atomic mass is 32.2. The molecular formula is C18H22F3N3O2S. The lowest BCUT2D eigenvalue weighted by Gasteiger charge is -2.29. The van der Waals surface area contributed by atoms with E-state index in [9.17, 15) is 18.0 Å². The molecule has 2 aliphatic heterocycles. The maximum atomic E-state index is 12.5. The fourth-order valence-corrected chi connectivity index (χ4v) is 4.30. The molecule has 27 heavy (non-hydrogen) atoms. The van der Waals surface area contributed by atoms with E-state index in [1.807, 2.05) is 11.9 Å². The first kappa shape index (κ1) is 19.9. The highest BCUT2D eigenvalue weighted by Gasteiger charge is 2.32. The summed E-state index contributed by atoms with van der Waals surface area (Å²) in [5.41, 5.74) is 0.801. The number of benzene rings is 1. The Hall–Kier alpha value is -1.87. The van der Waals surface area contributed by atoms with Crippen LogP contribution < -0.4 is 10.1 Å². The van der Waals surface area contributed by atoms with E-state index in [4.69, 9.17) is 0 Å². The molecule has 3 rings (SSSR count). The Labute approximate surface area is 160 Å². The van der Waals surface area contributed by atoms with E-state index in [1.165, 1.54) is 23.9 Å². The van der Waals surface area contributed by atoms with Gasteiger partial charge in [0, 0.05) is 19.3 Å². The van der Waals surface area contributed by atoms with Crippen molar-refractivity contribution in [2.24, 2.45) is 0 Å². The van der Waals surface area contributed by atoms with Crippen molar-refractivity contribution in [3.05, 3.63) is 40.9 Å². The minimum absolute atomic E-state index is 0.0964. The van der Waals surface area contributed by atoms with Crippen LogP contribution in [0.25, 0.3) is 0 Å². The SMILES string of the molecule is CN1CCC(NC(=O)C2=CN(C)C(c3ccc(OC(F)(F)F)cc3)S2)CC1. The third kappa shape index (κ3) is 5.32. The van der Waals surface area contributed by atoms with Crippen LogP contribution in [-0.4, -0.2) is 55.3 Å². The van der Waals surface area contributed by atoms with Gasteiger partial charge >= 0.3 is 6.36 Å². The van der Waals surface area contributed by atoms with Crippen molar-refractivity contribution in [3.8, 4) is 5.75 Å². The van der Waals surface area contributed by atoms with Gasteiger partial charge in [-0.1, -0.05) is 23.9 Å². The van der Waals surface area contributed by atoms with Crippen molar-refractivity contribution in [1.82, 2.24) is 15.1 Å². The summed E-state index contributed by atoms with van der Waals surface area (Å²) in [6.45, 7) is 1.93. The molecule has 0 aromatic heterocycles. The van der Waals surface area contributed by atoms with Gasteiger partial charge in [-0.25, -0.2) is 0 Å². The number of carbonyl (C=O) groups is 1. The van der Waals surface area contributed by atoms with Crippen LogP contribution in [-0.2, 0) is 4.79 Å². The summed E-state index contributed by atoms with van der Waals surface area (Å²) in [5, 5.41) is 2.92. The number of thioether (sulfide) groups is 1. The van der Waals surface area contributed by atoms with Crippen LogP contribution in [0.4, 0.5) is 13.2 Å². The number of halogens is 3. The molecular weight excluding hydrogens is 379 g/mol. The van der Waals surface area contributed by atoms with Crippen molar-refractivity contribution in [1.29, 1.82) is 0 Å². The molecule has 148 valence electrons. The number of amides is 1. The fraction of sp³-hybridized carbons (Fsp3) is 0.500. The lowest BCUT2D eigenvalue weighted by atomic mass is 10.1. The molecule has 1 aromatic carbocycles. The average molecular weight is 401 g/mol. The molecule has 9 heteroatoms. The fourth-order valence-electron chi connectivity index (χ4n) is 3.15. The average Bonchev–Trinajstić information content (AvgIpc) is 2.98. The number of rotatable bonds is 4. The summed E-state index contributed by atoms with van der Waals surface area (Å²) >= 11 is 1.39. The van der Waals surface area contributed by atoms with Crippen LogP contribution in [0.1, 0.15) is 23.8 Å². The molecule has 1 saturated heterocycles. The summed E-state index contributed by atoms with van der Waals surface area (Å²) in [7, 11) is 3.91. The number of likely N-dealkylation sites (tertiary alicyclic amines) is 1. The second-order valence-electron chi connectivity index (χ2n) is 6.80. The monoisotopic (exact) mass is 401 g/mol. The van der Waals surface area contributed by atoms with Gasteiger partial charge in [0.15, 0.2) is 0 Å². The Balaban J connectivity index is 1.58. The zero-order valence-corrected chi connectivity index (χ0v) is 15.9. The van der Waals surface area contributed by atoms with Gasteiger partial charge in [0.1, 0.15) is 11.1 Å². The number of hydrogen-bond donors (Lipinski definition) is 1. The third-order valence-electron chi connectivity index (χ3n) is 4.61. The first-order valence-corrected chi connectivity index (χ1v) is 9.55. The number of ether oxygens (including phenoxy) is 1. The lowest BCUT2D eigenvalue weighted by Crippen LogP contribution is -2.43. The maximum absolute atomic E-state index is 12.5.